The predicted molar refractivity (Wildman–Crippen MR) is 80.7 cm³/mol. The summed E-state index contributed by atoms with van der Waals surface area (Å²) < 4.78 is 0. The molecule has 0 bridgehead atoms. The quantitative estimate of drug-likeness (QED) is 0.720. The molecule has 0 saturated heterocycles. The average Bonchev–Trinajstić information content (AvgIpc) is 2.47. The largest absolute Gasteiger partial charge is 0.325 e. The van der Waals surface area contributed by atoms with Crippen LogP contribution in [0, 0.1) is 6.92 Å². The van der Waals surface area contributed by atoms with Gasteiger partial charge in [-0.15, -0.1) is 0 Å². The van der Waals surface area contributed by atoms with Gasteiger partial charge in [0.2, 0.25) is 0 Å². The van der Waals surface area contributed by atoms with Crippen molar-refractivity contribution < 1.29 is 0 Å². The summed E-state index contributed by atoms with van der Waals surface area (Å²) in [5, 5.41) is 0. The van der Waals surface area contributed by atoms with Crippen molar-refractivity contribution in [1.29, 1.82) is 0 Å². The summed E-state index contributed by atoms with van der Waals surface area (Å²) in [4.78, 5) is 13.1. The minimum atomic E-state index is 0.971. The zero-order chi connectivity index (χ0) is 14.0. The maximum Gasteiger partial charge on any atom is 0.157 e. The molecular formula is C15H20N4. The van der Waals surface area contributed by atoms with Gasteiger partial charge in [-0.05, 0) is 30.7 Å². The van der Waals surface area contributed by atoms with E-state index in [-0.39, 0.29) is 0 Å². The number of pyridine rings is 2. The molecule has 2 aromatic rings. The third kappa shape index (κ3) is 2.03. The van der Waals surface area contributed by atoms with Gasteiger partial charge < -0.3 is 9.80 Å². The Labute approximate surface area is 114 Å². The van der Waals surface area contributed by atoms with E-state index in [1.807, 2.05) is 52.5 Å². The van der Waals surface area contributed by atoms with E-state index in [2.05, 4.69) is 32.8 Å². The van der Waals surface area contributed by atoms with Gasteiger partial charge in [0.25, 0.3) is 0 Å². The van der Waals surface area contributed by atoms with Crippen LogP contribution < -0.4 is 9.80 Å². The van der Waals surface area contributed by atoms with Crippen LogP contribution in [0.15, 0.2) is 30.6 Å². The molecule has 19 heavy (non-hydrogen) atoms. The predicted octanol–water partition coefficient (Wildman–Crippen LogP) is 3.66. The maximum atomic E-state index is 4.47. The second kappa shape index (κ2) is 5.26. The molecule has 2 aromatic heterocycles. The third-order valence-corrected chi connectivity index (χ3v) is 3.20. The van der Waals surface area contributed by atoms with Crippen molar-refractivity contribution in [1.82, 2.24) is 9.97 Å². The highest BCUT2D eigenvalue weighted by Crippen LogP contribution is 2.44. The Bertz CT molecular complexity index is 580. The standard InChI is InChI=1S/C13H14N4.C2H6/c1-9-6-8-15-13-11(9)17(3)12-10(16(13)2)5-4-7-14-12;1-2/h4-8H,1-3H3;1-2H3. The molecule has 0 amide bonds. The van der Waals surface area contributed by atoms with Crippen molar-refractivity contribution >= 4 is 23.0 Å². The fourth-order valence-corrected chi connectivity index (χ4v) is 2.32. The van der Waals surface area contributed by atoms with Crippen LogP contribution in [0.5, 0.6) is 0 Å². The molecule has 0 N–H and O–H groups in total. The molecule has 0 aliphatic carbocycles. The Kier molecular flexibility index (Phi) is 3.69. The third-order valence-electron chi connectivity index (χ3n) is 3.20. The average molecular weight is 256 g/mol. The Morgan fingerprint density at radius 1 is 0.895 bits per heavy atom. The zero-order valence-electron chi connectivity index (χ0n) is 12.2. The smallest absolute Gasteiger partial charge is 0.157 e. The van der Waals surface area contributed by atoms with Crippen LogP contribution in [-0.4, -0.2) is 24.1 Å². The molecule has 1 aliphatic rings. The van der Waals surface area contributed by atoms with Crippen LogP contribution >= 0.6 is 0 Å². The summed E-state index contributed by atoms with van der Waals surface area (Å²) in [7, 11) is 4.06. The lowest BCUT2D eigenvalue weighted by molar-refractivity contribution is 1.00. The van der Waals surface area contributed by atoms with Crippen LogP contribution in [0.3, 0.4) is 0 Å². The van der Waals surface area contributed by atoms with Crippen LogP contribution in [0.2, 0.25) is 0 Å². The topological polar surface area (TPSA) is 32.3 Å². The van der Waals surface area contributed by atoms with E-state index in [1.54, 1.807) is 0 Å². The molecule has 0 atom stereocenters. The molecule has 0 aromatic carbocycles. The molecular weight excluding hydrogens is 236 g/mol. The normalized spacial score (nSPS) is 12.3. The SMILES string of the molecule is CC.Cc1ccnc2c1N(C)c1ncccc1N2C. The Hall–Kier alpha value is -2.10. The summed E-state index contributed by atoms with van der Waals surface area (Å²) in [6.45, 7) is 6.10. The number of rotatable bonds is 0. The van der Waals surface area contributed by atoms with Crippen molar-refractivity contribution in [3.63, 3.8) is 0 Å². The first-order valence-electron chi connectivity index (χ1n) is 6.58. The van der Waals surface area contributed by atoms with E-state index >= 15 is 0 Å². The molecule has 0 unspecified atom stereocenters. The fraction of sp³-hybridized carbons (Fsp3) is 0.333. The first kappa shape index (κ1) is 13.3. The zero-order valence-corrected chi connectivity index (χ0v) is 12.2. The molecule has 4 heteroatoms. The second-order valence-electron chi connectivity index (χ2n) is 4.26. The van der Waals surface area contributed by atoms with Crippen molar-refractivity contribution in [3.05, 3.63) is 36.2 Å². The number of aromatic nitrogens is 2. The molecule has 3 rings (SSSR count). The van der Waals surface area contributed by atoms with Crippen LogP contribution in [0.1, 0.15) is 19.4 Å². The Morgan fingerprint density at radius 3 is 2.32 bits per heavy atom. The minimum absolute atomic E-state index is 0.971. The van der Waals surface area contributed by atoms with Gasteiger partial charge in [-0.3, -0.25) is 0 Å². The van der Waals surface area contributed by atoms with Crippen LogP contribution in [0.25, 0.3) is 0 Å². The number of fused-ring (bicyclic) bond motifs is 2. The number of anilines is 4. The summed E-state index contributed by atoms with van der Waals surface area (Å²) in [5.74, 6) is 1.95. The van der Waals surface area contributed by atoms with Gasteiger partial charge in [0.05, 0.1) is 11.4 Å². The number of aryl methyl sites for hydroxylation is 1. The van der Waals surface area contributed by atoms with Gasteiger partial charge in [0.1, 0.15) is 0 Å². The Morgan fingerprint density at radius 2 is 1.58 bits per heavy atom. The highest BCUT2D eigenvalue weighted by atomic mass is 15.3. The van der Waals surface area contributed by atoms with Gasteiger partial charge in [-0.25, -0.2) is 9.97 Å². The monoisotopic (exact) mass is 256 g/mol. The molecule has 100 valence electrons. The number of hydrogen-bond donors (Lipinski definition) is 0. The summed E-state index contributed by atoms with van der Waals surface area (Å²) in [6, 6.07) is 6.03. The number of hydrogen-bond acceptors (Lipinski definition) is 4. The summed E-state index contributed by atoms with van der Waals surface area (Å²) >= 11 is 0. The molecule has 0 fully saturated rings. The van der Waals surface area contributed by atoms with Gasteiger partial charge in [0.15, 0.2) is 11.6 Å². The minimum Gasteiger partial charge on any atom is -0.325 e. The Balaban J connectivity index is 0.000000637. The van der Waals surface area contributed by atoms with E-state index in [4.69, 9.17) is 0 Å². The first-order chi connectivity index (χ1) is 9.20. The van der Waals surface area contributed by atoms with Crippen LogP contribution in [0.4, 0.5) is 23.0 Å². The highest BCUT2D eigenvalue weighted by molar-refractivity contribution is 5.90. The number of nitrogens with zero attached hydrogens (tertiary/aromatic N) is 4. The first-order valence-corrected chi connectivity index (χ1v) is 6.58. The summed E-state index contributed by atoms with van der Waals surface area (Å²) in [5.41, 5.74) is 3.42. The van der Waals surface area contributed by atoms with E-state index in [0.717, 1.165) is 23.0 Å². The summed E-state index contributed by atoms with van der Waals surface area (Å²) in [6.07, 6.45) is 3.67. The van der Waals surface area contributed by atoms with Gasteiger partial charge >= 0.3 is 0 Å². The van der Waals surface area contributed by atoms with E-state index in [0.29, 0.717) is 0 Å². The molecule has 1 aliphatic heterocycles. The van der Waals surface area contributed by atoms with E-state index in [1.165, 1.54) is 5.56 Å². The molecule has 0 saturated carbocycles. The maximum absolute atomic E-state index is 4.47. The fourth-order valence-electron chi connectivity index (χ4n) is 2.32. The molecule has 0 spiro atoms. The van der Waals surface area contributed by atoms with E-state index in [9.17, 15) is 0 Å². The molecule has 4 nitrogen and oxygen atoms in total. The molecule has 3 heterocycles. The van der Waals surface area contributed by atoms with Crippen molar-refractivity contribution in [2.24, 2.45) is 0 Å². The van der Waals surface area contributed by atoms with Crippen molar-refractivity contribution in [2.75, 3.05) is 23.9 Å². The lowest BCUT2D eigenvalue weighted by Crippen LogP contribution is -2.26. The van der Waals surface area contributed by atoms with E-state index < -0.39 is 0 Å². The lowest BCUT2D eigenvalue weighted by Gasteiger charge is -2.35. The van der Waals surface area contributed by atoms with Crippen LogP contribution in [-0.2, 0) is 0 Å². The van der Waals surface area contributed by atoms with Gasteiger partial charge in [0, 0.05) is 26.5 Å². The highest BCUT2D eigenvalue weighted by Gasteiger charge is 2.26. The lowest BCUT2D eigenvalue weighted by atomic mass is 10.1. The second-order valence-corrected chi connectivity index (χ2v) is 4.26. The van der Waals surface area contributed by atoms with Gasteiger partial charge in [-0.1, -0.05) is 13.8 Å². The molecule has 0 radical (unpaired) electrons. The van der Waals surface area contributed by atoms with Crippen molar-refractivity contribution in [2.45, 2.75) is 20.8 Å². The van der Waals surface area contributed by atoms with Gasteiger partial charge in [-0.2, -0.15) is 0 Å². The van der Waals surface area contributed by atoms with Crippen molar-refractivity contribution in [3.8, 4) is 0 Å².